The van der Waals surface area contributed by atoms with Gasteiger partial charge in [0.05, 0.1) is 5.69 Å². The number of rotatable bonds is 7. The topological polar surface area (TPSA) is 83.1 Å². The molecular formula is C28H30ClN5O3. The number of benzene rings is 2. The summed E-state index contributed by atoms with van der Waals surface area (Å²) in [5.41, 5.74) is 2.04. The van der Waals surface area contributed by atoms with Gasteiger partial charge in [-0.3, -0.25) is 18.6 Å². The van der Waals surface area contributed by atoms with Crippen molar-refractivity contribution in [2.24, 2.45) is 0 Å². The van der Waals surface area contributed by atoms with Gasteiger partial charge in [-0.1, -0.05) is 43.5 Å². The van der Waals surface area contributed by atoms with Gasteiger partial charge in [0.25, 0.3) is 11.5 Å². The first kappa shape index (κ1) is 24.9. The zero-order chi connectivity index (χ0) is 25.9. The number of anilines is 1. The number of phenolic OH excluding ortho intramolecular Hbond substituents is 1. The van der Waals surface area contributed by atoms with E-state index in [0.29, 0.717) is 42.5 Å². The van der Waals surface area contributed by atoms with E-state index in [-0.39, 0.29) is 17.2 Å². The Kier molecular flexibility index (Phi) is 7.19. The number of aromatic nitrogens is 3. The van der Waals surface area contributed by atoms with Gasteiger partial charge >= 0.3 is 0 Å². The van der Waals surface area contributed by atoms with Crippen molar-refractivity contribution < 1.29 is 9.90 Å². The normalized spacial score (nSPS) is 13.9. The molecule has 37 heavy (non-hydrogen) atoms. The van der Waals surface area contributed by atoms with Crippen molar-refractivity contribution in [3.63, 3.8) is 0 Å². The third kappa shape index (κ3) is 5.20. The maximum atomic E-state index is 13.2. The van der Waals surface area contributed by atoms with Crippen LogP contribution in [-0.4, -0.2) is 56.0 Å². The standard InChI is InChI=1S/C28H30ClN5O3/c1-2-3-4-13-33-25(31-14-16-32(17-15-31)27(37)21-7-11-23(35)12-8-21)18-26(36)34-19-24(30-28(33)34)20-5-9-22(29)10-6-20/h5-12,18-19,35H,2-4,13-17H2,1H3. The summed E-state index contributed by atoms with van der Waals surface area (Å²) in [6.45, 7) is 5.21. The van der Waals surface area contributed by atoms with Gasteiger partial charge in [0.2, 0.25) is 5.78 Å². The monoisotopic (exact) mass is 519 g/mol. The highest BCUT2D eigenvalue weighted by Gasteiger charge is 2.25. The SMILES string of the molecule is CCCCCn1c(N2CCN(C(=O)c3ccc(O)cc3)CC2)cc(=O)n2cc(-c3ccc(Cl)cc3)nc12. The summed E-state index contributed by atoms with van der Waals surface area (Å²) in [7, 11) is 0. The molecule has 0 aliphatic carbocycles. The minimum atomic E-state index is -0.132. The fourth-order valence-corrected chi connectivity index (χ4v) is 4.89. The average Bonchev–Trinajstić information content (AvgIpc) is 3.37. The van der Waals surface area contributed by atoms with Gasteiger partial charge < -0.3 is 14.9 Å². The Hall–Kier alpha value is -3.78. The van der Waals surface area contributed by atoms with E-state index in [4.69, 9.17) is 16.6 Å². The fraction of sp³-hybridized carbons (Fsp3) is 0.321. The van der Waals surface area contributed by atoms with Crippen LogP contribution in [0.5, 0.6) is 5.75 Å². The van der Waals surface area contributed by atoms with Crippen LogP contribution in [0.4, 0.5) is 5.82 Å². The summed E-state index contributed by atoms with van der Waals surface area (Å²) >= 11 is 6.06. The van der Waals surface area contributed by atoms with E-state index >= 15 is 0 Å². The van der Waals surface area contributed by atoms with E-state index in [1.807, 2.05) is 29.2 Å². The minimum absolute atomic E-state index is 0.0590. The van der Waals surface area contributed by atoms with Crippen molar-refractivity contribution in [2.45, 2.75) is 32.7 Å². The zero-order valence-corrected chi connectivity index (χ0v) is 21.6. The van der Waals surface area contributed by atoms with E-state index in [9.17, 15) is 14.7 Å². The third-order valence-electron chi connectivity index (χ3n) is 6.83. The predicted octanol–water partition coefficient (Wildman–Crippen LogP) is 4.67. The van der Waals surface area contributed by atoms with Crippen LogP contribution in [0.2, 0.25) is 5.02 Å². The van der Waals surface area contributed by atoms with Crippen molar-refractivity contribution in [2.75, 3.05) is 31.1 Å². The third-order valence-corrected chi connectivity index (χ3v) is 7.08. The molecule has 1 fully saturated rings. The summed E-state index contributed by atoms with van der Waals surface area (Å²) in [5.74, 6) is 1.53. The lowest BCUT2D eigenvalue weighted by atomic mass is 10.1. The Morgan fingerprint density at radius 3 is 2.38 bits per heavy atom. The first-order valence-corrected chi connectivity index (χ1v) is 13.0. The lowest BCUT2D eigenvalue weighted by Crippen LogP contribution is -2.49. The van der Waals surface area contributed by atoms with Crippen LogP contribution < -0.4 is 10.5 Å². The largest absolute Gasteiger partial charge is 0.508 e. The molecule has 3 heterocycles. The average molecular weight is 520 g/mol. The first-order valence-electron chi connectivity index (χ1n) is 12.7. The molecule has 1 N–H and O–H groups in total. The molecule has 2 aromatic carbocycles. The number of nitrogens with zero attached hydrogens (tertiary/aromatic N) is 5. The summed E-state index contributed by atoms with van der Waals surface area (Å²) < 4.78 is 3.75. The van der Waals surface area contributed by atoms with Crippen LogP contribution in [-0.2, 0) is 6.54 Å². The quantitative estimate of drug-likeness (QED) is 0.359. The van der Waals surface area contributed by atoms with Crippen molar-refractivity contribution in [1.82, 2.24) is 18.9 Å². The number of aromatic hydroxyl groups is 1. The van der Waals surface area contributed by atoms with Crippen molar-refractivity contribution in [3.8, 4) is 17.0 Å². The molecule has 5 rings (SSSR count). The van der Waals surface area contributed by atoms with E-state index < -0.39 is 0 Å². The number of carbonyl (C=O) groups is 1. The van der Waals surface area contributed by atoms with Gasteiger partial charge in [0.15, 0.2) is 0 Å². The molecule has 0 radical (unpaired) electrons. The molecule has 1 amide bonds. The molecular weight excluding hydrogens is 490 g/mol. The van der Waals surface area contributed by atoms with Gasteiger partial charge in [-0.2, -0.15) is 0 Å². The summed E-state index contributed by atoms with van der Waals surface area (Å²) in [4.78, 5) is 35.0. The van der Waals surface area contributed by atoms with Crippen LogP contribution in [0, 0.1) is 0 Å². The maximum Gasteiger partial charge on any atom is 0.261 e. The lowest BCUT2D eigenvalue weighted by molar-refractivity contribution is 0.0746. The molecule has 1 saturated heterocycles. The number of fused-ring (bicyclic) bond motifs is 1. The fourth-order valence-electron chi connectivity index (χ4n) is 4.76. The van der Waals surface area contributed by atoms with Gasteiger partial charge in [0, 0.05) is 61.1 Å². The molecule has 192 valence electrons. The molecule has 0 spiro atoms. The highest BCUT2D eigenvalue weighted by atomic mass is 35.5. The maximum absolute atomic E-state index is 13.2. The molecule has 4 aromatic rings. The second kappa shape index (κ2) is 10.7. The molecule has 2 aromatic heterocycles. The Morgan fingerprint density at radius 1 is 1.00 bits per heavy atom. The second-order valence-corrected chi connectivity index (χ2v) is 9.77. The van der Waals surface area contributed by atoms with Crippen LogP contribution in [0.1, 0.15) is 36.5 Å². The molecule has 1 aliphatic rings. The van der Waals surface area contributed by atoms with Crippen LogP contribution in [0.3, 0.4) is 0 Å². The van der Waals surface area contributed by atoms with Gasteiger partial charge in [-0.15, -0.1) is 0 Å². The van der Waals surface area contributed by atoms with Crippen molar-refractivity contribution >= 4 is 29.1 Å². The molecule has 9 heteroatoms. The number of amides is 1. The highest BCUT2D eigenvalue weighted by Crippen LogP contribution is 2.24. The van der Waals surface area contributed by atoms with E-state index in [2.05, 4.69) is 16.4 Å². The highest BCUT2D eigenvalue weighted by molar-refractivity contribution is 6.30. The Bertz CT molecular complexity index is 1450. The summed E-state index contributed by atoms with van der Waals surface area (Å²) in [5, 5.41) is 10.2. The number of aryl methyl sites for hydroxylation is 1. The minimum Gasteiger partial charge on any atom is -0.508 e. The molecule has 1 aliphatic heterocycles. The number of hydrogen-bond donors (Lipinski definition) is 1. The lowest BCUT2D eigenvalue weighted by Gasteiger charge is -2.37. The Balaban J connectivity index is 1.44. The molecule has 8 nitrogen and oxygen atoms in total. The number of hydrogen-bond acceptors (Lipinski definition) is 5. The van der Waals surface area contributed by atoms with Crippen LogP contribution in [0.25, 0.3) is 17.0 Å². The molecule has 0 bridgehead atoms. The zero-order valence-electron chi connectivity index (χ0n) is 20.8. The van der Waals surface area contributed by atoms with E-state index in [1.54, 1.807) is 28.8 Å². The summed E-state index contributed by atoms with van der Waals surface area (Å²) in [6, 6.07) is 15.5. The van der Waals surface area contributed by atoms with Crippen molar-refractivity contribution in [1.29, 1.82) is 0 Å². The second-order valence-electron chi connectivity index (χ2n) is 9.33. The van der Waals surface area contributed by atoms with Gasteiger partial charge in [-0.05, 0) is 42.8 Å². The van der Waals surface area contributed by atoms with Crippen LogP contribution in [0.15, 0.2) is 65.6 Å². The summed E-state index contributed by atoms with van der Waals surface area (Å²) in [6.07, 6.45) is 4.94. The van der Waals surface area contributed by atoms with Crippen molar-refractivity contribution in [3.05, 3.63) is 81.7 Å². The molecule has 0 atom stereocenters. The van der Waals surface area contributed by atoms with E-state index in [0.717, 1.165) is 42.9 Å². The van der Waals surface area contributed by atoms with Crippen LogP contribution >= 0.6 is 11.6 Å². The predicted molar refractivity (Wildman–Crippen MR) is 146 cm³/mol. The first-order chi connectivity index (χ1) is 17.9. The number of phenols is 1. The van der Waals surface area contributed by atoms with Gasteiger partial charge in [-0.25, -0.2) is 4.98 Å². The number of carbonyl (C=O) groups excluding carboxylic acids is 1. The Morgan fingerprint density at radius 2 is 1.70 bits per heavy atom. The Labute approximate surface area is 220 Å². The molecule has 0 saturated carbocycles. The van der Waals surface area contributed by atoms with Gasteiger partial charge in [0.1, 0.15) is 11.6 Å². The number of unbranched alkanes of at least 4 members (excludes halogenated alkanes) is 2. The smallest absolute Gasteiger partial charge is 0.261 e. The number of imidazole rings is 1. The molecule has 0 unspecified atom stereocenters. The number of piperazine rings is 1. The number of halogens is 1. The van der Waals surface area contributed by atoms with E-state index in [1.165, 1.54) is 12.1 Å².